The topological polar surface area (TPSA) is 44.4 Å². The van der Waals surface area contributed by atoms with Gasteiger partial charge in [-0.3, -0.25) is 4.79 Å². The minimum Gasteiger partial charge on any atom is -0.369 e. The van der Waals surface area contributed by atoms with Gasteiger partial charge in [0, 0.05) is 31.2 Å². The summed E-state index contributed by atoms with van der Waals surface area (Å²) in [4.78, 5) is 13.9. The van der Waals surface area contributed by atoms with Crippen LogP contribution in [0, 0.1) is 5.82 Å². The highest BCUT2D eigenvalue weighted by Gasteiger charge is 2.16. The number of hydrogen-bond acceptors (Lipinski definition) is 3. The number of anilines is 2. The van der Waals surface area contributed by atoms with Crippen LogP contribution in [0.25, 0.3) is 0 Å². The van der Waals surface area contributed by atoms with E-state index in [-0.39, 0.29) is 17.8 Å². The molecule has 0 bridgehead atoms. The van der Waals surface area contributed by atoms with Gasteiger partial charge in [-0.15, -0.1) is 0 Å². The fraction of sp³-hybridized carbons (Fsp3) is 0.562. The Hall–Kier alpha value is -1.62. The van der Waals surface area contributed by atoms with Crippen molar-refractivity contribution in [2.45, 2.75) is 39.2 Å². The minimum atomic E-state index is -0.269. The second-order valence-corrected chi connectivity index (χ2v) is 5.57. The van der Waals surface area contributed by atoms with Gasteiger partial charge in [0.25, 0.3) is 0 Å². The molecular formula is C16H24FN3O. The molecule has 0 spiro atoms. The van der Waals surface area contributed by atoms with E-state index in [9.17, 15) is 9.18 Å². The van der Waals surface area contributed by atoms with Crippen molar-refractivity contribution in [2.75, 3.05) is 29.9 Å². The molecule has 0 aliphatic carbocycles. The highest BCUT2D eigenvalue weighted by Crippen LogP contribution is 2.26. The van der Waals surface area contributed by atoms with Gasteiger partial charge in [0.15, 0.2) is 0 Å². The van der Waals surface area contributed by atoms with E-state index in [2.05, 4.69) is 10.6 Å². The normalized spacial score (nSPS) is 16.0. The van der Waals surface area contributed by atoms with E-state index in [1.807, 2.05) is 18.7 Å². The standard InChI is InChI=1S/C16H24FN3O/c1-3-18-12(2)10-16(21)19-13-6-7-15(14(17)11-13)20-8-4-5-9-20/h6-7,11-12,18H,3-5,8-10H2,1-2H3,(H,19,21). The number of rotatable bonds is 6. The molecule has 2 N–H and O–H groups in total. The molecule has 1 amide bonds. The Balaban J connectivity index is 1.95. The van der Waals surface area contributed by atoms with Crippen LogP contribution in [-0.2, 0) is 4.79 Å². The molecule has 0 aromatic heterocycles. The molecule has 0 radical (unpaired) electrons. The summed E-state index contributed by atoms with van der Waals surface area (Å²) in [5, 5.41) is 5.93. The van der Waals surface area contributed by atoms with E-state index in [0.29, 0.717) is 17.8 Å². The first-order chi connectivity index (χ1) is 10.1. The molecule has 5 heteroatoms. The van der Waals surface area contributed by atoms with Gasteiger partial charge in [-0.05, 0) is 44.5 Å². The third-order valence-corrected chi connectivity index (χ3v) is 3.72. The Morgan fingerprint density at radius 2 is 2.10 bits per heavy atom. The summed E-state index contributed by atoms with van der Waals surface area (Å²) in [6, 6.07) is 5.05. The summed E-state index contributed by atoms with van der Waals surface area (Å²) < 4.78 is 14.1. The first-order valence-corrected chi connectivity index (χ1v) is 7.68. The van der Waals surface area contributed by atoms with Crippen molar-refractivity contribution in [3.63, 3.8) is 0 Å². The molecule has 1 atom stereocenters. The van der Waals surface area contributed by atoms with Crippen LogP contribution in [0.2, 0.25) is 0 Å². The van der Waals surface area contributed by atoms with Crippen molar-refractivity contribution in [3.8, 4) is 0 Å². The second kappa shape index (κ2) is 7.41. The Labute approximate surface area is 125 Å². The Kier molecular flexibility index (Phi) is 5.56. The molecule has 1 saturated heterocycles. The van der Waals surface area contributed by atoms with Crippen molar-refractivity contribution < 1.29 is 9.18 Å². The Morgan fingerprint density at radius 3 is 2.71 bits per heavy atom. The van der Waals surface area contributed by atoms with E-state index in [0.717, 1.165) is 32.5 Å². The number of nitrogens with zero attached hydrogens (tertiary/aromatic N) is 1. The van der Waals surface area contributed by atoms with E-state index in [1.54, 1.807) is 12.1 Å². The molecule has 1 aromatic carbocycles. The molecule has 0 saturated carbocycles. The minimum absolute atomic E-state index is 0.100. The van der Waals surface area contributed by atoms with Crippen LogP contribution in [0.15, 0.2) is 18.2 Å². The molecule has 1 aromatic rings. The zero-order chi connectivity index (χ0) is 15.2. The predicted octanol–water partition coefficient (Wildman–Crippen LogP) is 2.75. The van der Waals surface area contributed by atoms with E-state index in [1.165, 1.54) is 6.07 Å². The molecule has 2 rings (SSSR count). The van der Waals surface area contributed by atoms with Gasteiger partial charge in [-0.2, -0.15) is 0 Å². The van der Waals surface area contributed by atoms with E-state index >= 15 is 0 Å². The number of nitrogens with one attached hydrogen (secondary N) is 2. The summed E-state index contributed by atoms with van der Waals surface area (Å²) in [6.07, 6.45) is 2.60. The van der Waals surface area contributed by atoms with Gasteiger partial charge in [-0.1, -0.05) is 6.92 Å². The van der Waals surface area contributed by atoms with Crippen LogP contribution in [0.1, 0.15) is 33.1 Å². The van der Waals surface area contributed by atoms with Crippen molar-refractivity contribution in [2.24, 2.45) is 0 Å². The maximum Gasteiger partial charge on any atom is 0.225 e. The molecule has 116 valence electrons. The number of amides is 1. The third kappa shape index (κ3) is 4.43. The SMILES string of the molecule is CCNC(C)CC(=O)Nc1ccc(N2CCCC2)c(F)c1. The molecular weight excluding hydrogens is 269 g/mol. The lowest BCUT2D eigenvalue weighted by Gasteiger charge is -2.19. The van der Waals surface area contributed by atoms with Gasteiger partial charge in [-0.25, -0.2) is 4.39 Å². The maximum absolute atomic E-state index is 14.1. The van der Waals surface area contributed by atoms with Gasteiger partial charge in [0.1, 0.15) is 5.82 Å². The fourth-order valence-electron chi connectivity index (χ4n) is 2.71. The maximum atomic E-state index is 14.1. The van der Waals surface area contributed by atoms with Gasteiger partial charge < -0.3 is 15.5 Å². The summed E-state index contributed by atoms with van der Waals surface area (Å²) in [6.45, 7) is 6.60. The second-order valence-electron chi connectivity index (χ2n) is 5.57. The number of carbonyl (C=O) groups excluding carboxylic acids is 1. The molecule has 1 fully saturated rings. The number of halogens is 1. The fourth-order valence-corrected chi connectivity index (χ4v) is 2.71. The zero-order valence-corrected chi connectivity index (χ0v) is 12.8. The van der Waals surface area contributed by atoms with Crippen molar-refractivity contribution in [1.29, 1.82) is 0 Å². The lowest BCUT2D eigenvalue weighted by molar-refractivity contribution is -0.116. The van der Waals surface area contributed by atoms with Crippen molar-refractivity contribution in [1.82, 2.24) is 5.32 Å². The van der Waals surface area contributed by atoms with E-state index < -0.39 is 0 Å². The van der Waals surface area contributed by atoms with Gasteiger partial charge >= 0.3 is 0 Å². The highest BCUT2D eigenvalue weighted by molar-refractivity contribution is 5.91. The van der Waals surface area contributed by atoms with Crippen LogP contribution in [0.5, 0.6) is 0 Å². The molecule has 4 nitrogen and oxygen atoms in total. The number of hydrogen-bond donors (Lipinski definition) is 2. The molecule has 1 heterocycles. The van der Waals surface area contributed by atoms with Crippen LogP contribution >= 0.6 is 0 Å². The lowest BCUT2D eigenvalue weighted by atomic mass is 10.2. The van der Waals surface area contributed by atoms with Crippen molar-refractivity contribution >= 4 is 17.3 Å². The predicted molar refractivity (Wildman–Crippen MR) is 84.2 cm³/mol. The molecule has 1 unspecified atom stereocenters. The van der Waals surface area contributed by atoms with E-state index in [4.69, 9.17) is 0 Å². The van der Waals surface area contributed by atoms with Crippen LogP contribution in [0.3, 0.4) is 0 Å². The first-order valence-electron chi connectivity index (χ1n) is 7.68. The first kappa shape index (κ1) is 15.8. The number of benzene rings is 1. The van der Waals surface area contributed by atoms with Crippen LogP contribution in [0.4, 0.5) is 15.8 Å². The quantitative estimate of drug-likeness (QED) is 0.847. The summed E-state index contributed by atoms with van der Waals surface area (Å²) >= 11 is 0. The summed E-state index contributed by atoms with van der Waals surface area (Å²) in [5.74, 6) is -0.369. The molecule has 1 aliphatic heterocycles. The van der Waals surface area contributed by atoms with Gasteiger partial charge in [0.2, 0.25) is 5.91 Å². The molecule has 1 aliphatic rings. The number of carbonyl (C=O) groups is 1. The average Bonchev–Trinajstić information content (AvgIpc) is 2.92. The monoisotopic (exact) mass is 293 g/mol. The highest BCUT2D eigenvalue weighted by atomic mass is 19.1. The van der Waals surface area contributed by atoms with Crippen molar-refractivity contribution in [3.05, 3.63) is 24.0 Å². The third-order valence-electron chi connectivity index (χ3n) is 3.72. The Bertz CT molecular complexity index is 486. The van der Waals surface area contributed by atoms with Gasteiger partial charge in [0.05, 0.1) is 5.69 Å². The lowest BCUT2D eigenvalue weighted by Crippen LogP contribution is -2.30. The molecule has 21 heavy (non-hydrogen) atoms. The Morgan fingerprint density at radius 1 is 1.38 bits per heavy atom. The summed E-state index contributed by atoms with van der Waals surface area (Å²) in [5.41, 5.74) is 1.15. The smallest absolute Gasteiger partial charge is 0.225 e. The summed E-state index contributed by atoms with van der Waals surface area (Å²) in [7, 11) is 0. The average molecular weight is 293 g/mol. The largest absolute Gasteiger partial charge is 0.369 e. The van der Waals surface area contributed by atoms with Crippen LogP contribution < -0.4 is 15.5 Å². The zero-order valence-electron chi connectivity index (χ0n) is 12.8. The van der Waals surface area contributed by atoms with Crippen LogP contribution in [-0.4, -0.2) is 31.6 Å².